The number of hydrogen-bond acceptors (Lipinski definition) is 4. The molecule has 0 aromatic carbocycles. The number of rotatable bonds is 4. The lowest BCUT2D eigenvalue weighted by molar-refractivity contribution is 0.371. The summed E-state index contributed by atoms with van der Waals surface area (Å²) in [5.74, 6) is 0.987. The molecule has 5 heteroatoms. The number of fused-ring (bicyclic) bond motifs is 1. The van der Waals surface area contributed by atoms with Crippen molar-refractivity contribution < 1.29 is 0 Å². The third-order valence-corrected chi connectivity index (χ3v) is 4.41. The third kappa shape index (κ3) is 2.50. The van der Waals surface area contributed by atoms with Crippen molar-refractivity contribution in [2.75, 3.05) is 12.4 Å². The lowest BCUT2D eigenvalue weighted by atomic mass is 9.91. The summed E-state index contributed by atoms with van der Waals surface area (Å²) in [6.07, 6.45) is 9.54. The number of aromatic amines is 1. The van der Waals surface area contributed by atoms with E-state index in [0.717, 1.165) is 23.3 Å². The van der Waals surface area contributed by atoms with Crippen molar-refractivity contribution in [3.63, 3.8) is 0 Å². The van der Waals surface area contributed by atoms with Gasteiger partial charge < -0.3 is 15.6 Å². The molecule has 3 N–H and O–H groups in total. The Labute approximate surface area is 119 Å². The fourth-order valence-corrected chi connectivity index (χ4v) is 3.13. The molecule has 0 saturated heterocycles. The zero-order chi connectivity index (χ0) is 13.9. The van der Waals surface area contributed by atoms with Crippen LogP contribution in [0.1, 0.15) is 38.2 Å². The molecule has 0 bridgehead atoms. The van der Waals surface area contributed by atoms with Crippen LogP contribution in [-0.4, -0.2) is 34.1 Å². The maximum atomic E-state index is 4.46. The summed E-state index contributed by atoms with van der Waals surface area (Å²) >= 11 is 0. The molecular weight excluding hydrogens is 250 g/mol. The van der Waals surface area contributed by atoms with E-state index in [0.29, 0.717) is 12.1 Å². The number of aryl methyl sites for hydroxylation is 1. The van der Waals surface area contributed by atoms with E-state index in [2.05, 4.69) is 39.6 Å². The Kier molecular flexibility index (Phi) is 3.87. The van der Waals surface area contributed by atoms with Crippen molar-refractivity contribution in [3.05, 3.63) is 18.1 Å². The molecule has 0 atom stereocenters. The molecule has 0 aliphatic heterocycles. The molecule has 5 nitrogen and oxygen atoms in total. The summed E-state index contributed by atoms with van der Waals surface area (Å²) in [5, 5.41) is 8.16. The van der Waals surface area contributed by atoms with Crippen LogP contribution in [0.2, 0.25) is 0 Å². The largest absolute Gasteiger partial charge is 0.367 e. The highest BCUT2D eigenvalue weighted by atomic mass is 15.1. The number of H-pyrrole nitrogens is 1. The highest BCUT2D eigenvalue weighted by Crippen LogP contribution is 2.27. The third-order valence-electron chi connectivity index (χ3n) is 4.41. The first kappa shape index (κ1) is 13.4. The van der Waals surface area contributed by atoms with Crippen LogP contribution < -0.4 is 10.6 Å². The van der Waals surface area contributed by atoms with Gasteiger partial charge in [-0.15, -0.1) is 0 Å². The summed E-state index contributed by atoms with van der Waals surface area (Å²) in [7, 11) is 2.06. The summed E-state index contributed by atoms with van der Waals surface area (Å²) < 4.78 is 0. The molecular formula is C15H23N5. The van der Waals surface area contributed by atoms with Gasteiger partial charge in [0.2, 0.25) is 0 Å². The second-order valence-electron chi connectivity index (χ2n) is 5.59. The number of nitrogens with one attached hydrogen (secondary N) is 3. The Bertz CT molecular complexity index is 569. The summed E-state index contributed by atoms with van der Waals surface area (Å²) in [6.45, 7) is 2.16. The van der Waals surface area contributed by atoms with Crippen molar-refractivity contribution in [3.8, 4) is 0 Å². The Hall–Kier alpha value is -1.62. The SMILES string of the molecule is CCc1c[nH]c2ncnc(NC3CCC(NC)CC3)c12. The molecule has 2 heterocycles. The van der Waals surface area contributed by atoms with Crippen LogP contribution >= 0.6 is 0 Å². The summed E-state index contributed by atoms with van der Waals surface area (Å²) in [4.78, 5) is 12.0. The second-order valence-corrected chi connectivity index (χ2v) is 5.59. The van der Waals surface area contributed by atoms with Gasteiger partial charge in [-0.1, -0.05) is 6.92 Å². The van der Waals surface area contributed by atoms with Gasteiger partial charge in [0.05, 0.1) is 5.39 Å². The zero-order valence-corrected chi connectivity index (χ0v) is 12.2. The molecule has 0 radical (unpaired) electrons. The molecule has 1 aliphatic carbocycles. The minimum absolute atomic E-state index is 0.525. The van der Waals surface area contributed by atoms with E-state index in [1.807, 2.05) is 6.20 Å². The van der Waals surface area contributed by atoms with Gasteiger partial charge in [-0.3, -0.25) is 0 Å². The van der Waals surface area contributed by atoms with E-state index >= 15 is 0 Å². The normalized spacial score (nSPS) is 23.1. The van der Waals surface area contributed by atoms with Crippen molar-refractivity contribution in [2.45, 2.75) is 51.1 Å². The van der Waals surface area contributed by atoms with Crippen LogP contribution in [0.3, 0.4) is 0 Å². The van der Waals surface area contributed by atoms with Crippen LogP contribution in [0.5, 0.6) is 0 Å². The van der Waals surface area contributed by atoms with Gasteiger partial charge in [0.15, 0.2) is 0 Å². The Morgan fingerprint density at radius 3 is 2.65 bits per heavy atom. The average molecular weight is 273 g/mol. The minimum atomic E-state index is 0.525. The van der Waals surface area contributed by atoms with Gasteiger partial charge in [-0.25, -0.2) is 9.97 Å². The predicted octanol–water partition coefficient (Wildman–Crippen LogP) is 2.46. The zero-order valence-electron chi connectivity index (χ0n) is 12.2. The molecule has 1 saturated carbocycles. The van der Waals surface area contributed by atoms with E-state index < -0.39 is 0 Å². The van der Waals surface area contributed by atoms with Gasteiger partial charge in [0.1, 0.15) is 17.8 Å². The van der Waals surface area contributed by atoms with E-state index in [9.17, 15) is 0 Å². The standard InChI is InChI=1S/C15H23N5/c1-3-10-8-17-14-13(10)15(19-9-18-14)20-12-6-4-11(16-2)5-7-12/h8-9,11-12,16H,3-7H2,1-2H3,(H2,17,18,19,20). The molecule has 2 aromatic rings. The lowest BCUT2D eigenvalue weighted by Gasteiger charge is -2.29. The first-order chi connectivity index (χ1) is 9.81. The maximum Gasteiger partial charge on any atom is 0.143 e. The van der Waals surface area contributed by atoms with Gasteiger partial charge >= 0.3 is 0 Å². The number of aromatic nitrogens is 3. The fourth-order valence-electron chi connectivity index (χ4n) is 3.13. The van der Waals surface area contributed by atoms with Crippen molar-refractivity contribution >= 4 is 16.9 Å². The molecule has 0 unspecified atom stereocenters. The van der Waals surface area contributed by atoms with E-state index in [1.165, 1.54) is 31.2 Å². The van der Waals surface area contributed by atoms with E-state index in [4.69, 9.17) is 0 Å². The van der Waals surface area contributed by atoms with Crippen molar-refractivity contribution in [2.24, 2.45) is 0 Å². The molecule has 0 spiro atoms. The van der Waals surface area contributed by atoms with Gasteiger partial charge in [0.25, 0.3) is 0 Å². The number of hydrogen-bond donors (Lipinski definition) is 3. The van der Waals surface area contributed by atoms with Crippen LogP contribution in [0.4, 0.5) is 5.82 Å². The van der Waals surface area contributed by atoms with Gasteiger partial charge in [-0.2, -0.15) is 0 Å². The number of anilines is 1. The molecule has 108 valence electrons. The number of nitrogens with zero attached hydrogens (tertiary/aromatic N) is 2. The lowest BCUT2D eigenvalue weighted by Crippen LogP contribution is -2.35. The molecule has 0 amide bonds. The van der Waals surface area contributed by atoms with E-state index in [1.54, 1.807) is 6.33 Å². The highest BCUT2D eigenvalue weighted by molar-refractivity contribution is 5.90. The summed E-state index contributed by atoms with van der Waals surface area (Å²) in [6, 6.07) is 1.20. The Morgan fingerprint density at radius 2 is 1.95 bits per heavy atom. The van der Waals surface area contributed by atoms with Crippen LogP contribution in [0, 0.1) is 0 Å². The smallest absolute Gasteiger partial charge is 0.143 e. The predicted molar refractivity (Wildman–Crippen MR) is 82.0 cm³/mol. The first-order valence-corrected chi connectivity index (χ1v) is 7.56. The van der Waals surface area contributed by atoms with Crippen LogP contribution in [-0.2, 0) is 6.42 Å². The second kappa shape index (κ2) is 5.79. The van der Waals surface area contributed by atoms with Crippen LogP contribution in [0.25, 0.3) is 11.0 Å². The van der Waals surface area contributed by atoms with Gasteiger partial charge in [-0.05, 0) is 44.7 Å². The van der Waals surface area contributed by atoms with Crippen molar-refractivity contribution in [1.82, 2.24) is 20.3 Å². The Balaban J connectivity index is 1.79. The van der Waals surface area contributed by atoms with E-state index in [-0.39, 0.29) is 0 Å². The maximum absolute atomic E-state index is 4.46. The molecule has 20 heavy (non-hydrogen) atoms. The minimum Gasteiger partial charge on any atom is -0.367 e. The van der Waals surface area contributed by atoms with Crippen molar-refractivity contribution in [1.29, 1.82) is 0 Å². The molecule has 2 aromatic heterocycles. The highest BCUT2D eigenvalue weighted by Gasteiger charge is 2.21. The van der Waals surface area contributed by atoms with Crippen LogP contribution in [0.15, 0.2) is 12.5 Å². The topological polar surface area (TPSA) is 65.6 Å². The Morgan fingerprint density at radius 1 is 1.20 bits per heavy atom. The summed E-state index contributed by atoms with van der Waals surface area (Å²) in [5.41, 5.74) is 2.22. The quantitative estimate of drug-likeness (QED) is 0.800. The average Bonchev–Trinajstić information content (AvgIpc) is 2.92. The molecule has 1 aliphatic rings. The monoisotopic (exact) mass is 273 g/mol. The fraction of sp³-hybridized carbons (Fsp3) is 0.600. The molecule has 3 rings (SSSR count). The van der Waals surface area contributed by atoms with Gasteiger partial charge in [0, 0.05) is 18.3 Å². The first-order valence-electron chi connectivity index (χ1n) is 7.56. The molecule has 1 fully saturated rings.